The van der Waals surface area contributed by atoms with Gasteiger partial charge >= 0.3 is 0 Å². The van der Waals surface area contributed by atoms with Crippen LogP contribution in [0.25, 0.3) is 0 Å². The highest BCUT2D eigenvalue weighted by atomic mass is 14.5. The molecule has 92 valence electrons. The maximum atomic E-state index is 2.49. The lowest BCUT2D eigenvalue weighted by molar-refractivity contribution is 0.0176. The van der Waals surface area contributed by atoms with Crippen LogP contribution in [0.5, 0.6) is 0 Å². The Morgan fingerprint density at radius 2 is 1.00 bits per heavy atom. The molecule has 0 saturated heterocycles. The van der Waals surface area contributed by atoms with E-state index in [-0.39, 0.29) is 0 Å². The second kappa shape index (κ2) is 4.35. The van der Waals surface area contributed by atoms with Crippen molar-refractivity contribution in [1.29, 1.82) is 0 Å². The molecule has 0 radical (unpaired) electrons. The molecule has 6 unspecified atom stereocenters. The summed E-state index contributed by atoms with van der Waals surface area (Å²) in [7, 11) is 0. The van der Waals surface area contributed by atoms with Gasteiger partial charge in [-0.15, -0.1) is 0 Å². The fourth-order valence-corrected chi connectivity index (χ4v) is 5.06. The maximum absolute atomic E-state index is 2.49. The summed E-state index contributed by atoms with van der Waals surface area (Å²) in [6.45, 7) is 4.99. The van der Waals surface area contributed by atoms with Gasteiger partial charge in [-0.05, 0) is 61.2 Å². The first kappa shape index (κ1) is 11.1. The molecule has 0 heterocycles. The molecule has 0 aromatic rings. The quantitative estimate of drug-likeness (QED) is 0.545. The van der Waals surface area contributed by atoms with Gasteiger partial charge in [-0.3, -0.25) is 0 Å². The molecule has 0 nitrogen and oxygen atoms in total. The van der Waals surface area contributed by atoms with Crippen molar-refractivity contribution in [1.82, 2.24) is 0 Å². The van der Waals surface area contributed by atoms with E-state index >= 15 is 0 Å². The predicted octanol–water partition coefficient (Wildman–Crippen LogP) is 4.89. The van der Waals surface area contributed by atoms with Crippen molar-refractivity contribution in [3.8, 4) is 0 Å². The molecule has 16 heavy (non-hydrogen) atoms. The van der Waals surface area contributed by atoms with Gasteiger partial charge in [0.2, 0.25) is 0 Å². The molecule has 0 heteroatoms. The van der Waals surface area contributed by atoms with E-state index < -0.39 is 0 Å². The topological polar surface area (TPSA) is 0 Å². The zero-order chi connectivity index (χ0) is 11.1. The fraction of sp³-hybridized carbons (Fsp3) is 1.00. The zero-order valence-electron chi connectivity index (χ0n) is 11.1. The van der Waals surface area contributed by atoms with Gasteiger partial charge in [-0.1, -0.05) is 39.5 Å². The van der Waals surface area contributed by atoms with Crippen molar-refractivity contribution in [2.75, 3.05) is 0 Å². The van der Waals surface area contributed by atoms with E-state index in [0.717, 1.165) is 35.5 Å². The number of rotatable bonds is 0. The third-order valence-corrected chi connectivity index (χ3v) is 6.26. The Labute approximate surface area is 101 Å². The molecule has 0 amide bonds. The van der Waals surface area contributed by atoms with Crippen molar-refractivity contribution >= 4 is 0 Å². The SMILES string of the molecule is CC1CC2CC3CCCCC3CC2CC1C. The Balaban J connectivity index is 1.69. The molecule has 0 aliphatic heterocycles. The van der Waals surface area contributed by atoms with Crippen LogP contribution >= 0.6 is 0 Å². The Hall–Kier alpha value is 0. The lowest BCUT2D eigenvalue weighted by atomic mass is 9.57. The Morgan fingerprint density at radius 3 is 1.44 bits per heavy atom. The maximum Gasteiger partial charge on any atom is -0.0380 e. The van der Waals surface area contributed by atoms with Gasteiger partial charge in [0, 0.05) is 0 Å². The molecular weight excluding hydrogens is 192 g/mol. The van der Waals surface area contributed by atoms with E-state index in [1.54, 1.807) is 38.5 Å². The van der Waals surface area contributed by atoms with Gasteiger partial charge in [0.05, 0.1) is 0 Å². The molecule has 3 saturated carbocycles. The van der Waals surface area contributed by atoms with E-state index in [4.69, 9.17) is 0 Å². The molecule has 0 aromatic heterocycles. The van der Waals surface area contributed by atoms with Gasteiger partial charge in [0.25, 0.3) is 0 Å². The Kier molecular flexibility index (Phi) is 3.02. The predicted molar refractivity (Wildman–Crippen MR) is 69.2 cm³/mol. The summed E-state index contributed by atoms with van der Waals surface area (Å²) in [6, 6.07) is 0. The average molecular weight is 220 g/mol. The second-order valence-corrected chi connectivity index (χ2v) is 7.22. The lowest BCUT2D eigenvalue weighted by Crippen LogP contribution is -2.39. The van der Waals surface area contributed by atoms with E-state index in [1.807, 2.05) is 0 Å². The molecule has 3 aliphatic carbocycles. The van der Waals surface area contributed by atoms with E-state index in [1.165, 1.54) is 12.8 Å². The summed E-state index contributed by atoms with van der Waals surface area (Å²) >= 11 is 0. The molecule has 0 aromatic carbocycles. The van der Waals surface area contributed by atoms with Crippen LogP contribution in [0.4, 0.5) is 0 Å². The summed E-state index contributed by atoms with van der Waals surface area (Å²) in [6.07, 6.45) is 12.5. The molecule has 3 rings (SSSR count). The molecule has 0 spiro atoms. The molecule has 0 bridgehead atoms. The van der Waals surface area contributed by atoms with E-state index in [9.17, 15) is 0 Å². The fourth-order valence-electron chi connectivity index (χ4n) is 5.06. The highest BCUT2D eigenvalue weighted by Gasteiger charge is 2.41. The number of hydrogen-bond acceptors (Lipinski definition) is 0. The number of hydrogen-bond donors (Lipinski definition) is 0. The van der Waals surface area contributed by atoms with Crippen LogP contribution in [0.2, 0.25) is 0 Å². The standard InChI is InChI=1S/C16H28/c1-11-7-15-9-13-5-3-4-6-14(13)10-16(15)8-12(11)2/h11-16H,3-10H2,1-2H3. The minimum absolute atomic E-state index is 1.00. The summed E-state index contributed by atoms with van der Waals surface area (Å²) in [5, 5.41) is 0. The van der Waals surface area contributed by atoms with Crippen LogP contribution < -0.4 is 0 Å². The van der Waals surface area contributed by atoms with Gasteiger partial charge in [0.1, 0.15) is 0 Å². The normalized spacial score (nSPS) is 52.9. The van der Waals surface area contributed by atoms with Crippen LogP contribution in [0.1, 0.15) is 65.2 Å². The van der Waals surface area contributed by atoms with Gasteiger partial charge in [-0.25, -0.2) is 0 Å². The minimum Gasteiger partial charge on any atom is -0.0622 e. The van der Waals surface area contributed by atoms with Crippen molar-refractivity contribution in [3.05, 3.63) is 0 Å². The van der Waals surface area contributed by atoms with Gasteiger partial charge in [-0.2, -0.15) is 0 Å². The summed E-state index contributed by atoms with van der Waals surface area (Å²) in [5.41, 5.74) is 0. The average Bonchev–Trinajstić information content (AvgIpc) is 2.28. The summed E-state index contributed by atoms with van der Waals surface area (Å²) < 4.78 is 0. The van der Waals surface area contributed by atoms with Crippen molar-refractivity contribution in [2.45, 2.75) is 65.2 Å². The molecule has 3 aliphatic rings. The zero-order valence-corrected chi connectivity index (χ0v) is 11.1. The lowest BCUT2D eigenvalue weighted by Gasteiger charge is -2.49. The van der Waals surface area contributed by atoms with E-state index in [2.05, 4.69) is 13.8 Å². The molecule has 0 N–H and O–H groups in total. The molecule has 6 atom stereocenters. The molecule has 3 fully saturated rings. The van der Waals surface area contributed by atoms with Crippen molar-refractivity contribution in [3.63, 3.8) is 0 Å². The van der Waals surface area contributed by atoms with E-state index in [0.29, 0.717) is 0 Å². The van der Waals surface area contributed by atoms with Gasteiger partial charge < -0.3 is 0 Å². The first-order valence-corrected chi connectivity index (χ1v) is 7.74. The first-order chi connectivity index (χ1) is 7.74. The molecular formula is C16H28. The highest BCUT2D eigenvalue weighted by molar-refractivity contribution is 4.92. The first-order valence-electron chi connectivity index (χ1n) is 7.74. The minimum atomic E-state index is 1.00. The Bertz CT molecular complexity index is 218. The highest BCUT2D eigenvalue weighted by Crippen LogP contribution is 2.52. The smallest absolute Gasteiger partial charge is 0.0380 e. The van der Waals surface area contributed by atoms with Crippen LogP contribution in [-0.2, 0) is 0 Å². The summed E-state index contributed by atoms with van der Waals surface area (Å²) in [4.78, 5) is 0. The second-order valence-electron chi connectivity index (χ2n) is 7.22. The monoisotopic (exact) mass is 220 g/mol. The third kappa shape index (κ3) is 1.93. The number of fused-ring (bicyclic) bond motifs is 2. The Morgan fingerprint density at radius 1 is 0.562 bits per heavy atom. The van der Waals surface area contributed by atoms with Crippen LogP contribution in [0.3, 0.4) is 0 Å². The largest absolute Gasteiger partial charge is 0.0622 e. The van der Waals surface area contributed by atoms with Crippen LogP contribution in [0, 0.1) is 35.5 Å². The van der Waals surface area contributed by atoms with Crippen LogP contribution in [-0.4, -0.2) is 0 Å². The van der Waals surface area contributed by atoms with Crippen molar-refractivity contribution < 1.29 is 0 Å². The summed E-state index contributed by atoms with van der Waals surface area (Å²) in [5.74, 6) is 6.50. The van der Waals surface area contributed by atoms with Crippen LogP contribution in [0.15, 0.2) is 0 Å². The van der Waals surface area contributed by atoms with Crippen molar-refractivity contribution in [2.24, 2.45) is 35.5 Å². The third-order valence-electron chi connectivity index (χ3n) is 6.26. The van der Waals surface area contributed by atoms with Gasteiger partial charge in [0.15, 0.2) is 0 Å².